The SMILES string of the molecule is C/C=C\C(=C/C)c1cc(O[C@@H]2CC(C(=O)N[C@H](CCCOc3cccc(C[C@H](NC(=O)OCc4ccccc4)C(=O)Oc4c(F)c(F)c(F)c(F)c4F)c3)C(=O)OCc3ccccc3)N(COC(C)(C)C)C2)c2ccc(OC)cc2n1. The number of carbonyl (C=O) groups is 4. The van der Waals surface area contributed by atoms with Crippen LogP contribution in [0.15, 0.2) is 127 Å². The van der Waals surface area contributed by atoms with Gasteiger partial charge in [-0.2, -0.15) is 8.78 Å². The van der Waals surface area contributed by atoms with Crippen molar-refractivity contribution < 1.29 is 74.3 Å². The van der Waals surface area contributed by atoms with E-state index in [9.17, 15) is 41.1 Å². The number of likely N-dealkylation sites (tertiary alicyclic amines) is 1. The summed E-state index contributed by atoms with van der Waals surface area (Å²) in [5, 5.41) is 5.93. The van der Waals surface area contributed by atoms with Gasteiger partial charge in [0.15, 0.2) is 0 Å². The highest BCUT2D eigenvalue weighted by molar-refractivity contribution is 5.90. The van der Waals surface area contributed by atoms with Gasteiger partial charge >= 0.3 is 18.0 Å². The Morgan fingerprint density at radius 3 is 2.04 bits per heavy atom. The van der Waals surface area contributed by atoms with Crippen LogP contribution in [0.3, 0.4) is 0 Å². The third-order valence-corrected chi connectivity index (χ3v) is 12.8. The molecule has 1 aliphatic rings. The number of rotatable bonds is 24. The van der Waals surface area contributed by atoms with Crippen LogP contribution in [0.4, 0.5) is 26.7 Å². The number of allylic oxidation sites excluding steroid dienone is 4. The normalized spacial score (nSPS) is 15.5. The van der Waals surface area contributed by atoms with Crippen LogP contribution in [0.25, 0.3) is 16.5 Å². The molecule has 0 saturated carbocycles. The van der Waals surface area contributed by atoms with Crippen molar-refractivity contribution in [2.75, 3.05) is 27.0 Å². The molecular weight excluding hydrogens is 1060 g/mol. The molecule has 2 N–H and O–H groups in total. The number of ether oxygens (including phenoxy) is 7. The van der Waals surface area contributed by atoms with Gasteiger partial charge in [-0.1, -0.05) is 91.0 Å². The van der Waals surface area contributed by atoms with E-state index >= 15 is 0 Å². The minimum absolute atomic E-state index is 0.0147. The lowest BCUT2D eigenvalue weighted by Gasteiger charge is -2.29. The quantitative estimate of drug-likeness (QED) is 0.0112. The molecule has 20 heteroatoms. The summed E-state index contributed by atoms with van der Waals surface area (Å²) in [5.74, 6) is -15.1. The van der Waals surface area contributed by atoms with E-state index in [1.807, 2.05) is 88.1 Å². The topological polar surface area (TPSA) is 173 Å². The summed E-state index contributed by atoms with van der Waals surface area (Å²) in [7, 11) is 1.58. The lowest BCUT2D eigenvalue weighted by Crippen LogP contribution is -2.50. The molecule has 7 rings (SSSR count). The summed E-state index contributed by atoms with van der Waals surface area (Å²) in [4.78, 5) is 61.7. The number of carbonyl (C=O) groups excluding carboxylic acids is 4. The summed E-state index contributed by atoms with van der Waals surface area (Å²) in [6.07, 6.45) is 4.18. The largest absolute Gasteiger partial charge is 0.497 e. The van der Waals surface area contributed by atoms with Crippen LogP contribution in [0.1, 0.15) is 76.3 Å². The number of esters is 2. The summed E-state index contributed by atoms with van der Waals surface area (Å²) >= 11 is 0. The first-order valence-corrected chi connectivity index (χ1v) is 26.1. The number of fused-ring (bicyclic) bond motifs is 1. The van der Waals surface area contributed by atoms with Crippen LogP contribution >= 0.6 is 0 Å². The Balaban J connectivity index is 1.06. The van der Waals surface area contributed by atoms with Gasteiger partial charge in [-0.3, -0.25) is 9.69 Å². The number of hydrogen-bond donors (Lipinski definition) is 2. The molecule has 6 aromatic rings. The number of pyridine rings is 1. The number of methoxy groups -OCH3 is 1. The Kier molecular flexibility index (Phi) is 21.0. The zero-order chi connectivity index (χ0) is 58.2. The molecule has 2 heterocycles. The number of aromatic nitrogens is 1. The van der Waals surface area contributed by atoms with Crippen molar-refractivity contribution in [1.29, 1.82) is 0 Å². The highest BCUT2D eigenvalue weighted by Crippen LogP contribution is 2.35. The van der Waals surface area contributed by atoms with Gasteiger partial charge in [0.1, 0.15) is 55.4 Å². The number of halogens is 5. The van der Waals surface area contributed by atoms with Gasteiger partial charge in [-0.15, -0.1) is 0 Å². The number of nitrogens with one attached hydrogen (secondary N) is 2. The fourth-order valence-electron chi connectivity index (χ4n) is 8.64. The molecule has 0 spiro atoms. The van der Waals surface area contributed by atoms with E-state index in [0.717, 1.165) is 16.5 Å². The smallest absolute Gasteiger partial charge is 0.408 e. The highest BCUT2D eigenvalue weighted by atomic mass is 19.2. The molecule has 0 bridgehead atoms. The van der Waals surface area contributed by atoms with E-state index in [1.54, 1.807) is 73.8 Å². The Morgan fingerprint density at radius 2 is 1.40 bits per heavy atom. The summed E-state index contributed by atoms with van der Waals surface area (Å²) < 4.78 is 112. The molecule has 1 unspecified atom stereocenters. The maximum absolute atomic E-state index is 14.6. The first-order chi connectivity index (χ1) is 38.8. The number of alkyl carbamates (subject to hydrolysis) is 1. The lowest BCUT2D eigenvalue weighted by molar-refractivity contribution is -0.150. The molecule has 0 aliphatic carbocycles. The van der Waals surface area contributed by atoms with E-state index in [0.29, 0.717) is 34.8 Å². The molecule has 1 aromatic heterocycles. The van der Waals surface area contributed by atoms with Crippen molar-refractivity contribution >= 4 is 40.4 Å². The van der Waals surface area contributed by atoms with Crippen molar-refractivity contribution in [3.63, 3.8) is 0 Å². The maximum atomic E-state index is 14.6. The standard InChI is InChI=1S/C61H63F5N4O11/c1-7-17-40(8-2)46-32-50(44-26-25-41(75-6)30-47(44)67-46)80-43-31-49(70(33-43)36-79-61(3,4)5)57(71)68-45(58(72)77-34-37-18-11-9-12-19-37)24-16-27-76-42-23-15-22-39(28-42)29-48(69-60(74)78-35-38-20-13-10-14-21-38)59(73)81-56-54(65)52(63)51(62)53(64)55(56)66/h7-15,17-23,25-26,28,30,32,43,45,48-49H,16,24,27,29,31,33-36H2,1-6H3,(H,68,71)(H,69,74)/b17-7-,40-8+/t43-,45-,48+,49?/m1/s1. The molecule has 428 valence electrons. The number of amides is 2. The second-order valence-electron chi connectivity index (χ2n) is 19.9. The van der Waals surface area contributed by atoms with Gasteiger partial charge in [0.2, 0.25) is 40.7 Å². The van der Waals surface area contributed by atoms with E-state index in [-0.39, 0.29) is 57.1 Å². The number of hydrogen-bond acceptors (Lipinski definition) is 13. The molecule has 2 amide bonds. The Hall–Kier alpha value is -8.36. The van der Waals surface area contributed by atoms with Crippen molar-refractivity contribution in [3.8, 4) is 23.0 Å². The molecule has 1 saturated heterocycles. The average Bonchev–Trinajstić information content (AvgIpc) is 4.12. The van der Waals surface area contributed by atoms with Gasteiger partial charge in [0.05, 0.1) is 36.6 Å². The minimum atomic E-state index is -2.46. The van der Waals surface area contributed by atoms with Crippen LogP contribution in [-0.4, -0.2) is 90.6 Å². The van der Waals surface area contributed by atoms with Crippen LogP contribution in [0.5, 0.6) is 23.0 Å². The van der Waals surface area contributed by atoms with Gasteiger partial charge < -0.3 is 43.8 Å². The maximum Gasteiger partial charge on any atom is 0.408 e. The van der Waals surface area contributed by atoms with Crippen LogP contribution in [0, 0.1) is 29.1 Å². The van der Waals surface area contributed by atoms with Gasteiger partial charge in [-0.05, 0) is 94.0 Å². The third-order valence-electron chi connectivity index (χ3n) is 12.8. The molecular formula is C61H63F5N4O11. The monoisotopic (exact) mass is 1120 g/mol. The molecule has 0 radical (unpaired) electrons. The molecule has 4 atom stereocenters. The zero-order valence-electron chi connectivity index (χ0n) is 45.6. The fraction of sp³-hybridized carbons (Fsp3) is 0.328. The second kappa shape index (κ2) is 28.2. The van der Waals surface area contributed by atoms with Crippen LogP contribution in [-0.2, 0) is 48.2 Å². The van der Waals surface area contributed by atoms with E-state index in [4.69, 9.17) is 38.1 Å². The predicted molar refractivity (Wildman–Crippen MR) is 290 cm³/mol. The van der Waals surface area contributed by atoms with Crippen LogP contribution < -0.4 is 29.6 Å². The van der Waals surface area contributed by atoms with Gasteiger partial charge in [0.25, 0.3) is 0 Å². The summed E-state index contributed by atoms with van der Waals surface area (Å²) in [5.41, 5.74) is 3.24. The lowest BCUT2D eigenvalue weighted by atomic mass is 10.1. The Morgan fingerprint density at radius 1 is 0.741 bits per heavy atom. The van der Waals surface area contributed by atoms with Crippen molar-refractivity contribution in [1.82, 2.24) is 20.5 Å². The van der Waals surface area contributed by atoms with Crippen LogP contribution in [0.2, 0.25) is 0 Å². The summed E-state index contributed by atoms with van der Waals surface area (Å²) in [6.45, 7) is 9.60. The number of benzene rings is 5. The van der Waals surface area contributed by atoms with Crippen molar-refractivity contribution in [2.45, 2.75) is 103 Å². The van der Waals surface area contributed by atoms with E-state index in [1.165, 1.54) is 12.1 Å². The summed E-state index contributed by atoms with van der Waals surface area (Å²) in [6, 6.07) is 27.2. The van der Waals surface area contributed by atoms with E-state index in [2.05, 4.69) is 10.6 Å². The molecule has 81 heavy (non-hydrogen) atoms. The second-order valence-corrected chi connectivity index (χ2v) is 19.9. The van der Waals surface area contributed by atoms with E-state index < -0.39 is 95.0 Å². The van der Waals surface area contributed by atoms with Crippen molar-refractivity contribution in [2.24, 2.45) is 0 Å². The highest BCUT2D eigenvalue weighted by Gasteiger charge is 2.41. The Labute approximate surface area is 466 Å². The number of nitrogens with zero attached hydrogens (tertiary/aromatic N) is 2. The molecule has 1 fully saturated rings. The average molecular weight is 1120 g/mol. The molecule has 15 nitrogen and oxygen atoms in total. The third kappa shape index (κ3) is 16.6. The predicted octanol–water partition coefficient (Wildman–Crippen LogP) is 11.0. The van der Waals surface area contributed by atoms with Gasteiger partial charge in [-0.25, -0.2) is 32.5 Å². The Bertz CT molecular complexity index is 3200. The van der Waals surface area contributed by atoms with Gasteiger partial charge in [0, 0.05) is 36.9 Å². The first kappa shape index (κ1) is 60.3. The zero-order valence-corrected chi connectivity index (χ0v) is 45.6. The molecule has 1 aliphatic heterocycles. The van der Waals surface area contributed by atoms with Crippen molar-refractivity contribution in [3.05, 3.63) is 179 Å². The molecule has 5 aromatic carbocycles. The fourth-order valence-corrected chi connectivity index (χ4v) is 8.64. The first-order valence-electron chi connectivity index (χ1n) is 26.1. The minimum Gasteiger partial charge on any atom is -0.497 e.